The minimum atomic E-state index is 0.181. The van der Waals surface area contributed by atoms with Gasteiger partial charge < -0.3 is 0 Å². The van der Waals surface area contributed by atoms with E-state index in [4.69, 9.17) is 0 Å². The Hall–Kier alpha value is -1.96. The number of aromatic nitrogens is 1. The van der Waals surface area contributed by atoms with Crippen LogP contribution in [-0.4, -0.2) is 10.7 Å². The van der Waals surface area contributed by atoms with Crippen LogP contribution < -0.4 is 0 Å². The molecule has 0 aliphatic rings. The van der Waals surface area contributed by atoms with Gasteiger partial charge in [-0.2, -0.15) is 0 Å². The monoisotopic (exact) mass is 252 g/mol. The second-order valence-corrected chi connectivity index (χ2v) is 5.74. The molecule has 0 spiro atoms. The van der Waals surface area contributed by atoms with Gasteiger partial charge in [0.2, 0.25) is 0 Å². The summed E-state index contributed by atoms with van der Waals surface area (Å²) >= 11 is 0. The first-order chi connectivity index (χ1) is 8.97. The molecule has 1 heterocycles. The zero-order valence-electron chi connectivity index (χ0n) is 12.0. The van der Waals surface area contributed by atoms with Gasteiger partial charge in [0.05, 0.1) is 5.69 Å². The van der Waals surface area contributed by atoms with E-state index in [1.54, 1.807) is 6.20 Å². The zero-order valence-corrected chi connectivity index (χ0v) is 12.0. The van der Waals surface area contributed by atoms with Crippen LogP contribution in [0.1, 0.15) is 38.8 Å². The van der Waals surface area contributed by atoms with Crippen molar-refractivity contribution in [3.8, 4) is 0 Å². The number of benzene rings is 1. The van der Waals surface area contributed by atoms with Crippen molar-refractivity contribution < 1.29 is 0 Å². The molecule has 2 heteroatoms. The van der Waals surface area contributed by atoms with Crippen LogP contribution in [0, 0.1) is 0 Å². The summed E-state index contributed by atoms with van der Waals surface area (Å²) in [6, 6.07) is 12.4. The van der Waals surface area contributed by atoms with Gasteiger partial charge in [0.25, 0.3) is 0 Å². The van der Waals surface area contributed by atoms with E-state index < -0.39 is 0 Å². The molecule has 0 saturated carbocycles. The van der Waals surface area contributed by atoms with E-state index in [1.165, 1.54) is 5.56 Å². The summed E-state index contributed by atoms with van der Waals surface area (Å²) in [7, 11) is 0. The molecule has 0 atom stereocenters. The summed E-state index contributed by atoms with van der Waals surface area (Å²) in [5.41, 5.74) is 4.53. The van der Waals surface area contributed by atoms with E-state index in [0.29, 0.717) is 0 Å². The maximum atomic E-state index is 4.63. The molecule has 2 rings (SSSR count). The van der Waals surface area contributed by atoms with Crippen LogP contribution in [0.3, 0.4) is 0 Å². The maximum Gasteiger partial charge on any atom is 0.0633 e. The van der Waals surface area contributed by atoms with Crippen molar-refractivity contribution in [2.45, 2.75) is 33.1 Å². The van der Waals surface area contributed by atoms with Crippen molar-refractivity contribution in [2.75, 3.05) is 0 Å². The van der Waals surface area contributed by atoms with Crippen molar-refractivity contribution in [3.63, 3.8) is 0 Å². The molecule has 0 bridgehead atoms. The molecule has 0 saturated heterocycles. The number of rotatable bonds is 2. The summed E-state index contributed by atoms with van der Waals surface area (Å²) < 4.78 is 0. The Labute approximate surface area is 115 Å². The fourth-order valence-electron chi connectivity index (χ4n) is 1.87. The van der Waals surface area contributed by atoms with Crippen LogP contribution in [0.4, 0.5) is 5.69 Å². The molecule has 0 amide bonds. The maximum absolute atomic E-state index is 4.63. The molecule has 0 unspecified atom stereocenters. The Morgan fingerprint density at radius 1 is 1.05 bits per heavy atom. The van der Waals surface area contributed by atoms with Gasteiger partial charge in [-0.25, -0.2) is 0 Å². The van der Waals surface area contributed by atoms with Crippen LogP contribution in [0.25, 0.3) is 0 Å². The average Bonchev–Trinajstić information content (AvgIpc) is 2.39. The van der Waals surface area contributed by atoms with Gasteiger partial charge in [0.1, 0.15) is 0 Å². The third-order valence-corrected chi connectivity index (χ3v) is 3.11. The lowest BCUT2D eigenvalue weighted by Gasteiger charge is -2.18. The highest BCUT2D eigenvalue weighted by atomic mass is 14.7. The van der Waals surface area contributed by atoms with Gasteiger partial charge in [-0.1, -0.05) is 39.0 Å². The van der Waals surface area contributed by atoms with Gasteiger partial charge in [0.15, 0.2) is 0 Å². The predicted molar refractivity (Wildman–Crippen MR) is 81.3 cm³/mol. The number of pyridine rings is 1. The van der Waals surface area contributed by atoms with Crippen LogP contribution >= 0.6 is 0 Å². The molecular weight excluding hydrogens is 232 g/mol. The summed E-state index contributed by atoms with van der Waals surface area (Å²) in [4.78, 5) is 8.74. The van der Waals surface area contributed by atoms with E-state index in [0.717, 1.165) is 17.0 Å². The molecule has 1 aromatic carbocycles. The van der Waals surface area contributed by atoms with Crippen molar-refractivity contribution >= 4 is 11.4 Å². The number of hydrogen-bond acceptors (Lipinski definition) is 2. The lowest BCUT2D eigenvalue weighted by molar-refractivity contribution is 0.590. The molecule has 0 N–H and O–H groups in total. The van der Waals surface area contributed by atoms with Gasteiger partial charge in [0, 0.05) is 23.7 Å². The zero-order chi connectivity index (χ0) is 13.9. The van der Waals surface area contributed by atoms with Crippen LogP contribution in [-0.2, 0) is 5.41 Å². The van der Waals surface area contributed by atoms with Gasteiger partial charge in [-0.15, -0.1) is 0 Å². The van der Waals surface area contributed by atoms with Crippen LogP contribution in [0.5, 0.6) is 0 Å². The lowest BCUT2D eigenvalue weighted by Crippen LogP contribution is -2.10. The summed E-state index contributed by atoms with van der Waals surface area (Å²) in [6.45, 7) is 8.65. The van der Waals surface area contributed by atoms with Crippen molar-refractivity contribution in [1.29, 1.82) is 0 Å². The smallest absolute Gasteiger partial charge is 0.0633 e. The highest BCUT2D eigenvalue weighted by Gasteiger charge is 2.12. The highest BCUT2D eigenvalue weighted by Crippen LogP contribution is 2.24. The molecule has 19 heavy (non-hydrogen) atoms. The minimum Gasteiger partial charge on any atom is -0.264 e. The van der Waals surface area contributed by atoms with E-state index in [9.17, 15) is 0 Å². The molecule has 0 aliphatic carbocycles. The largest absolute Gasteiger partial charge is 0.264 e. The van der Waals surface area contributed by atoms with E-state index >= 15 is 0 Å². The Morgan fingerprint density at radius 2 is 1.74 bits per heavy atom. The Balaban J connectivity index is 2.24. The Bertz CT molecular complexity index is 560. The quantitative estimate of drug-likeness (QED) is 0.721. The normalized spacial score (nSPS) is 12.5. The molecule has 2 nitrogen and oxygen atoms in total. The third kappa shape index (κ3) is 3.50. The third-order valence-electron chi connectivity index (χ3n) is 3.11. The first-order valence-corrected chi connectivity index (χ1v) is 6.53. The summed E-state index contributed by atoms with van der Waals surface area (Å²) in [5, 5.41) is 0. The number of aliphatic imine (C=N–C) groups is 1. The van der Waals surface area contributed by atoms with Crippen LogP contribution in [0.15, 0.2) is 53.8 Å². The molecule has 2 aromatic rings. The fraction of sp³-hybridized carbons (Fsp3) is 0.294. The Kier molecular flexibility index (Phi) is 3.79. The fourth-order valence-corrected chi connectivity index (χ4v) is 1.87. The van der Waals surface area contributed by atoms with Gasteiger partial charge in [-0.3, -0.25) is 9.98 Å². The van der Waals surface area contributed by atoms with E-state index in [1.807, 2.05) is 25.3 Å². The second-order valence-electron chi connectivity index (χ2n) is 5.74. The van der Waals surface area contributed by atoms with Gasteiger partial charge in [-0.05, 0) is 36.1 Å². The lowest BCUT2D eigenvalue weighted by atomic mass is 9.87. The van der Waals surface area contributed by atoms with Crippen molar-refractivity contribution in [2.24, 2.45) is 4.99 Å². The Morgan fingerprint density at radius 3 is 2.26 bits per heavy atom. The van der Waals surface area contributed by atoms with Crippen molar-refractivity contribution in [3.05, 3.63) is 59.9 Å². The highest BCUT2D eigenvalue weighted by molar-refractivity contribution is 5.99. The molecule has 1 aromatic heterocycles. The van der Waals surface area contributed by atoms with Crippen molar-refractivity contribution in [1.82, 2.24) is 4.98 Å². The van der Waals surface area contributed by atoms with E-state index in [-0.39, 0.29) is 5.41 Å². The van der Waals surface area contributed by atoms with E-state index in [2.05, 4.69) is 55.0 Å². The predicted octanol–water partition coefficient (Wildman–Crippen LogP) is 4.52. The summed E-state index contributed by atoms with van der Waals surface area (Å²) in [5.74, 6) is 0. The van der Waals surface area contributed by atoms with Crippen LogP contribution in [0.2, 0.25) is 0 Å². The minimum absolute atomic E-state index is 0.181. The molecule has 98 valence electrons. The molecule has 0 fully saturated rings. The van der Waals surface area contributed by atoms with Gasteiger partial charge >= 0.3 is 0 Å². The molecule has 0 radical (unpaired) electrons. The topological polar surface area (TPSA) is 25.2 Å². The number of nitrogens with zero attached hydrogens (tertiary/aromatic N) is 2. The molecular formula is C17H20N2. The SMILES string of the molecule is CC(=Nc1ccc(C(C)(C)C)cc1)c1cccnc1. The summed E-state index contributed by atoms with van der Waals surface area (Å²) in [6.07, 6.45) is 3.61. The second kappa shape index (κ2) is 5.35. The first kappa shape index (κ1) is 13.5. The first-order valence-electron chi connectivity index (χ1n) is 6.53. The number of hydrogen-bond donors (Lipinski definition) is 0. The molecule has 0 aliphatic heterocycles. The average molecular weight is 252 g/mol. The standard InChI is InChI=1S/C17H20N2/c1-13(14-6-5-11-18-12-14)19-16-9-7-15(8-10-16)17(2,3)4/h5-12H,1-4H3.